The van der Waals surface area contributed by atoms with Crippen LogP contribution in [0.25, 0.3) is 33.4 Å². The van der Waals surface area contributed by atoms with Crippen molar-refractivity contribution in [2.75, 3.05) is 20.0 Å². The molecule has 0 saturated carbocycles. The molecule has 0 aliphatic heterocycles. The van der Waals surface area contributed by atoms with Gasteiger partial charge >= 0.3 is 0 Å². The van der Waals surface area contributed by atoms with Gasteiger partial charge in [-0.15, -0.1) is 5.10 Å². The van der Waals surface area contributed by atoms with Crippen molar-refractivity contribution in [1.29, 1.82) is 0 Å². The number of anilines is 1. The maximum atomic E-state index is 14.2. The third-order valence-corrected chi connectivity index (χ3v) is 12.8. The summed E-state index contributed by atoms with van der Waals surface area (Å²) in [6.07, 6.45) is 5.08. The number of sulfone groups is 1. The predicted octanol–water partition coefficient (Wildman–Crippen LogP) is 6.34. The van der Waals surface area contributed by atoms with Crippen molar-refractivity contribution in [2.24, 2.45) is 0 Å². The first-order valence-electron chi connectivity index (χ1n) is 17.5. The highest BCUT2D eigenvalue weighted by Crippen LogP contribution is 2.32. The van der Waals surface area contributed by atoms with E-state index >= 15 is 0 Å². The van der Waals surface area contributed by atoms with Crippen LogP contribution in [0.1, 0.15) is 5.69 Å². The lowest BCUT2D eigenvalue weighted by Crippen LogP contribution is -2.20. The van der Waals surface area contributed by atoms with Crippen LogP contribution in [0.4, 0.5) is 14.6 Å². The van der Waals surface area contributed by atoms with Crippen molar-refractivity contribution >= 4 is 89.3 Å². The third-order valence-electron chi connectivity index (χ3n) is 8.57. The summed E-state index contributed by atoms with van der Waals surface area (Å²) < 4.78 is 90.1. The molecular weight excluding hydrogens is 1020 g/mol. The minimum absolute atomic E-state index is 0.0114. The number of fused-ring (bicyclic) bond motifs is 2. The zero-order chi connectivity index (χ0) is 45.6. The van der Waals surface area contributed by atoms with Crippen LogP contribution in [0, 0.1) is 11.6 Å². The van der Waals surface area contributed by atoms with Crippen LogP contribution in [-0.2, 0) is 24.6 Å². The van der Waals surface area contributed by atoms with Crippen molar-refractivity contribution < 1.29 is 35.1 Å². The minimum atomic E-state index is -3.95. The summed E-state index contributed by atoms with van der Waals surface area (Å²) in [4.78, 5) is 32.8. The second-order valence-corrected chi connectivity index (χ2v) is 18.9. The van der Waals surface area contributed by atoms with Crippen LogP contribution < -0.4 is 26.3 Å². The first-order valence-corrected chi connectivity index (χ1v) is 23.0. The average Bonchev–Trinajstić information content (AvgIpc) is 3.25. The van der Waals surface area contributed by atoms with E-state index in [9.17, 15) is 35.2 Å². The van der Waals surface area contributed by atoms with E-state index in [-0.39, 0.29) is 63.9 Å². The molecule has 324 valence electrons. The Bertz CT molecular complexity index is 3360. The molecule has 17 nitrogen and oxygen atoms in total. The number of nitrogens with zero attached hydrogens (tertiary/aromatic N) is 8. The smallest absolute Gasteiger partial charge is 0.274 e. The van der Waals surface area contributed by atoms with Gasteiger partial charge < -0.3 is 15.2 Å². The lowest BCUT2D eigenvalue weighted by Gasteiger charge is -2.15. The molecule has 0 bridgehead atoms. The first kappa shape index (κ1) is 46.2. The van der Waals surface area contributed by atoms with E-state index in [1.54, 1.807) is 30.5 Å². The Morgan fingerprint density at radius 2 is 1.16 bits per heavy atom. The number of hydrogen-bond acceptors (Lipinski definition) is 15. The van der Waals surface area contributed by atoms with E-state index in [0.29, 0.717) is 17.0 Å². The fourth-order valence-corrected chi connectivity index (χ4v) is 8.44. The molecule has 0 saturated heterocycles. The highest BCUT2D eigenvalue weighted by atomic mass is 79.9. The Kier molecular flexibility index (Phi) is 14.2. The van der Waals surface area contributed by atoms with Crippen molar-refractivity contribution in [2.45, 2.75) is 15.5 Å². The number of ether oxygens (including phenoxy) is 2. The van der Waals surface area contributed by atoms with Gasteiger partial charge in [0.25, 0.3) is 20.2 Å². The first-order chi connectivity index (χ1) is 29.9. The molecule has 4 aromatic carbocycles. The van der Waals surface area contributed by atoms with E-state index in [1.165, 1.54) is 78.1 Å². The van der Waals surface area contributed by atoms with Crippen LogP contribution in [0.5, 0.6) is 11.5 Å². The van der Waals surface area contributed by atoms with E-state index in [4.69, 9.17) is 25.9 Å². The minimum Gasteiger partial charge on any atom is -0.495 e. The third kappa shape index (κ3) is 10.7. The van der Waals surface area contributed by atoms with Crippen molar-refractivity contribution in [3.05, 3.63) is 157 Å². The van der Waals surface area contributed by atoms with Crippen LogP contribution in [0.2, 0.25) is 0 Å². The fourth-order valence-electron chi connectivity index (χ4n) is 5.75. The van der Waals surface area contributed by atoms with Gasteiger partial charge in [-0.1, -0.05) is 0 Å². The van der Waals surface area contributed by atoms with E-state index in [0.717, 1.165) is 24.5 Å². The molecule has 0 unspecified atom stereocenters. The highest BCUT2D eigenvalue weighted by Gasteiger charge is 2.21. The van der Waals surface area contributed by atoms with Gasteiger partial charge in [-0.3, -0.25) is 18.7 Å². The molecule has 24 heteroatoms. The van der Waals surface area contributed by atoms with Gasteiger partial charge in [0.05, 0.1) is 90.2 Å². The molecular formula is C39H28Br2ClF2N9O8S2. The molecule has 0 amide bonds. The largest absolute Gasteiger partial charge is 0.495 e. The molecule has 0 spiro atoms. The van der Waals surface area contributed by atoms with Gasteiger partial charge in [0.1, 0.15) is 29.0 Å². The lowest BCUT2D eigenvalue weighted by atomic mass is 10.2. The number of benzene rings is 4. The van der Waals surface area contributed by atoms with Crippen LogP contribution in [-0.4, -0.2) is 70.6 Å². The molecule has 63 heavy (non-hydrogen) atoms. The Hall–Kier alpha value is -6.27. The van der Waals surface area contributed by atoms with Gasteiger partial charge in [-0.05, 0) is 105 Å². The number of halogens is 5. The molecule has 0 fully saturated rings. The van der Waals surface area contributed by atoms with Gasteiger partial charge in [0, 0.05) is 35.2 Å². The van der Waals surface area contributed by atoms with Gasteiger partial charge in [0.15, 0.2) is 9.84 Å². The summed E-state index contributed by atoms with van der Waals surface area (Å²) in [5.41, 5.74) is 5.76. The summed E-state index contributed by atoms with van der Waals surface area (Å²) in [6, 6.07) is 19.7. The standard InChI is InChI=1S/C20H14BrFN4O4S.C15H9BrClFN2O4S.C4H5N3/c1-30-19-8-14(21)15(22)9-18(19)26-17-5-4-13(7-16(17)23-10-20(26)27)31(28,29)11-12-3-2-6-24-25-12;1-24-14-5-9(16)10(18)6-13(14)20-12-3-2-8(25(17,22)23)4-11(12)19-7-15(20)21;5-4-2-1-3-6-7-4/h2-10H,11H2,1H3;2-7H,1H3;1-3H,(H2,5,7). The number of nitrogens with two attached hydrogens (primary N) is 1. The molecule has 4 heterocycles. The fraction of sp³-hybridized carbons (Fsp3) is 0.0769. The van der Waals surface area contributed by atoms with Crippen LogP contribution in [0.3, 0.4) is 0 Å². The zero-order valence-corrected chi connectivity index (χ0v) is 37.8. The number of rotatable bonds is 8. The molecule has 8 aromatic rings. The van der Waals surface area contributed by atoms with Crippen LogP contribution in [0.15, 0.2) is 138 Å². The Balaban J connectivity index is 0.000000184. The van der Waals surface area contributed by atoms with Crippen LogP contribution >= 0.6 is 42.5 Å². The Labute approximate surface area is 376 Å². The molecule has 2 N–H and O–H groups in total. The number of aromatic nitrogens is 8. The zero-order valence-electron chi connectivity index (χ0n) is 32.2. The molecule has 0 radical (unpaired) electrons. The van der Waals surface area contributed by atoms with Crippen molar-refractivity contribution in [1.82, 2.24) is 39.5 Å². The van der Waals surface area contributed by atoms with Gasteiger partial charge in [-0.25, -0.2) is 35.6 Å². The van der Waals surface area contributed by atoms with Gasteiger partial charge in [-0.2, -0.15) is 15.3 Å². The van der Waals surface area contributed by atoms with Crippen molar-refractivity contribution in [3.63, 3.8) is 0 Å². The van der Waals surface area contributed by atoms with Gasteiger partial charge in [0.2, 0.25) is 0 Å². The topological polar surface area (TPSA) is 234 Å². The monoisotopic (exact) mass is 1040 g/mol. The SMILES string of the molecule is COc1cc(Br)c(F)cc1-n1c(=O)cnc2cc(S(=O)(=O)Cc3cccnn3)ccc21.COc1cc(Br)c(F)cc1-n1c(=O)cnc2cc(S(=O)(=O)Cl)ccc21.Nc1cccnn1. The predicted molar refractivity (Wildman–Crippen MR) is 236 cm³/mol. The maximum absolute atomic E-state index is 14.2. The highest BCUT2D eigenvalue weighted by molar-refractivity contribution is 9.10. The van der Waals surface area contributed by atoms with E-state index in [2.05, 4.69) is 62.2 Å². The van der Waals surface area contributed by atoms with E-state index in [1.807, 2.05) is 0 Å². The average molecular weight is 1050 g/mol. The van der Waals surface area contributed by atoms with E-state index < -0.39 is 41.6 Å². The maximum Gasteiger partial charge on any atom is 0.274 e. The number of hydrogen-bond donors (Lipinski definition) is 1. The molecule has 0 aliphatic rings. The molecule has 0 aliphatic carbocycles. The molecule has 4 aromatic heterocycles. The lowest BCUT2D eigenvalue weighted by molar-refractivity contribution is 0.411. The number of nitrogen functional groups attached to an aromatic ring is 1. The quantitative estimate of drug-likeness (QED) is 0.164. The summed E-state index contributed by atoms with van der Waals surface area (Å²) in [5.74, 6) is -0.553. The summed E-state index contributed by atoms with van der Waals surface area (Å²) >= 11 is 6.15. The summed E-state index contributed by atoms with van der Waals surface area (Å²) in [7, 11) is 0.425. The molecule has 0 atom stereocenters. The second-order valence-electron chi connectivity index (χ2n) is 12.6. The summed E-state index contributed by atoms with van der Waals surface area (Å²) in [5, 5.41) is 14.5. The van der Waals surface area contributed by atoms with Crippen molar-refractivity contribution in [3.8, 4) is 22.9 Å². The molecule has 8 rings (SSSR count). The summed E-state index contributed by atoms with van der Waals surface area (Å²) in [6.45, 7) is 0. The number of methoxy groups -OCH3 is 2. The Morgan fingerprint density at radius 1 is 0.683 bits per heavy atom. The second kappa shape index (κ2) is 19.4. The Morgan fingerprint density at radius 3 is 1.57 bits per heavy atom. The normalized spacial score (nSPS) is 11.3.